The van der Waals surface area contributed by atoms with E-state index in [0.717, 1.165) is 27.2 Å². The molecular formula is C23H21BrN4O3S. The average Bonchev–Trinajstić information content (AvgIpc) is 3.45. The summed E-state index contributed by atoms with van der Waals surface area (Å²) in [5, 5.41) is 12.1. The van der Waals surface area contributed by atoms with Gasteiger partial charge in [0, 0.05) is 4.47 Å². The van der Waals surface area contributed by atoms with Gasteiger partial charge in [-0.05, 0) is 83.9 Å². The third kappa shape index (κ3) is 5.05. The van der Waals surface area contributed by atoms with Crippen LogP contribution in [0.15, 0.2) is 74.9 Å². The van der Waals surface area contributed by atoms with Gasteiger partial charge in [-0.3, -0.25) is 9.36 Å². The van der Waals surface area contributed by atoms with Gasteiger partial charge in [-0.2, -0.15) is 0 Å². The lowest BCUT2D eigenvalue weighted by Gasteiger charge is -2.11. The minimum Gasteiger partial charge on any atom is -0.494 e. The van der Waals surface area contributed by atoms with Crippen LogP contribution in [0.3, 0.4) is 0 Å². The van der Waals surface area contributed by atoms with Gasteiger partial charge in [-0.25, -0.2) is 0 Å². The summed E-state index contributed by atoms with van der Waals surface area (Å²) in [4.78, 5) is 12.6. The zero-order valence-electron chi connectivity index (χ0n) is 17.5. The second kappa shape index (κ2) is 10.1. The first kappa shape index (κ1) is 22.2. The smallest absolute Gasteiger partial charge is 0.234 e. The number of anilines is 1. The lowest BCUT2D eigenvalue weighted by atomic mass is 10.2. The highest BCUT2D eigenvalue weighted by molar-refractivity contribution is 9.10. The van der Waals surface area contributed by atoms with Crippen LogP contribution < -0.4 is 10.1 Å². The summed E-state index contributed by atoms with van der Waals surface area (Å²) >= 11 is 4.79. The molecule has 7 nitrogen and oxygen atoms in total. The van der Waals surface area contributed by atoms with Gasteiger partial charge in [0.1, 0.15) is 5.75 Å². The third-order valence-corrected chi connectivity index (χ3v) is 6.10. The van der Waals surface area contributed by atoms with Crippen molar-refractivity contribution in [1.82, 2.24) is 14.8 Å². The van der Waals surface area contributed by atoms with Crippen LogP contribution in [-0.2, 0) is 4.79 Å². The Morgan fingerprint density at radius 3 is 2.69 bits per heavy atom. The van der Waals surface area contributed by atoms with Crippen molar-refractivity contribution in [2.45, 2.75) is 19.0 Å². The largest absolute Gasteiger partial charge is 0.494 e. The van der Waals surface area contributed by atoms with Crippen LogP contribution in [0, 0.1) is 6.92 Å². The molecule has 0 aliphatic rings. The van der Waals surface area contributed by atoms with Crippen LogP contribution >= 0.6 is 27.7 Å². The van der Waals surface area contributed by atoms with Gasteiger partial charge in [0.25, 0.3) is 0 Å². The van der Waals surface area contributed by atoms with Crippen molar-refractivity contribution in [3.63, 3.8) is 0 Å². The highest BCUT2D eigenvalue weighted by atomic mass is 79.9. The molecular weight excluding hydrogens is 492 g/mol. The molecule has 0 aliphatic carbocycles. The van der Waals surface area contributed by atoms with E-state index in [9.17, 15) is 4.79 Å². The molecule has 164 valence electrons. The molecule has 0 radical (unpaired) electrons. The maximum absolute atomic E-state index is 12.6. The van der Waals surface area contributed by atoms with Crippen molar-refractivity contribution in [2.24, 2.45) is 0 Å². The van der Waals surface area contributed by atoms with Crippen molar-refractivity contribution in [2.75, 3.05) is 17.7 Å². The maximum Gasteiger partial charge on any atom is 0.234 e. The second-order valence-corrected chi connectivity index (χ2v) is 8.66. The quantitative estimate of drug-likeness (QED) is 0.303. The molecule has 4 aromatic rings. The van der Waals surface area contributed by atoms with Crippen LogP contribution in [0.2, 0.25) is 0 Å². The van der Waals surface area contributed by atoms with Crippen molar-refractivity contribution in [1.29, 1.82) is 0 Å². The molecule has 0 atom stereocenters. The number of halogens is 1. The topological polar surface area (TPSA) is 82.2 Å². The third-order valence-electron chi connectivity index (χ3n) is 4.51. The zero-order valence-corrected chi connectivity index (χ0v) is 19.9. The summed E-state index contributed by atoms with van der Waals surface area (Å²) in [7, 11) is 0. The second-order valence-electron chi connectivity index (χ2n) is 6.87. The number of nitrogens with zero attached hydrogens (tertiary/aromatic N) is 3. The lowest BCUT2D eigenvalue weighted by Crippen LogP contribution is -2.15. The fourth-order valence-electron chi connectivity index (χ4n) is 3.06. The van der Waals surface area contributed by atoms with Gasteiger partial charge in [-0.15, -0.1) is 10.2 Å². The summed E-state index contributed by atoms with van der Waals surface area (Å²) in [6, 6.07) is 17.0. The summed E-state index contributed by atoms with van der Waals surface area (Å²) in [6.07, 6.45) is 1.59. The number of rotatable bonds is 8. The molecule has 9 heteroatoms. The standard InChI is InChI=1S/C23H21BrN4O3S/c1-3-30-17-9-7-16(8-10-17)28-22(20-5-4-12-31-20)26-27-23(28)32-14-21(29)25-19-11-6-15(2)13-18(19)24/h4-13H,3,14H2,1-2H3,(H,25,29). The molecule has 0 saturated carbocycles. The summed E-state index contributed by atoms with van der Waals surface area (Å²) in [6.45, 7) is 4.53. The van der Waals surface area contributed by atoms with E-state index < -0.39 is 0 Å². The Morgan fingerprint density at radius 1 is 1.19 bits per heavy atom. The Kier molecular flexibility index (Phi) is 6.96. The molecule has 0 saturated heterocycles. The highest BCUT2D eigenvalue weighted by Crippen LogP contribution is 2.30. The number of thioether (sulfide) groups is 1. The number of hydrogen-bond donors (Lipinski definition) is 1. The molecule has 0 spiro atoms. The lowest BCUT2D eigenvalue weighted by molar-refractivity contribution is -0.113. The molecule has 0 unspecified atom stereocenters. The van der Waals surface area contributed by atoms with Crippen LogP contribution in [-0.4, -0.2) is 33.0 Å². The Hall–Kier alpha value is -3.04. The Bertz CT molecular complexity index is 1210. The van der Waals surface area contributed by atoms with Gasteiger partial charge < -0.3 is 14.5 Å². The van der Waals surface area contributed by atoms with Crippen LogP contribution in [0.4, 0.5) is 5.69 Å². The minimum atomic E-state index is -0.139. The van der Waals surface area contributed by atoms with Crippen LogP contribution in [0.25, 0.3) is 17.3 Å². The maximum atomic E-state index is 12.6. The number of aryl methyl sites for hydroxylation is 1. The zero-order chi connectivity index (χ0) is 22.5. The van der Waals surface area contributed by atoms with Crippen molar-refractivity contribution >= 4 is 39.3 Å². The first-order valence-electron chi connectivity index (χ1n) is 9.96. The van der Waals surface area contributed by atoms with E-state index in [-0.39, 0.29) is 11.7 Å². The fourth-order valence-corrected chi connectivity index (χ4v) is 4.40. The number of ether oxygens (including phenoxy) is 1. The number of benzene rings is 2. The van der Waals surface area contributed by atoms with Gasteiger partial charge in [0.05, 0.1) is 30.0 Å². The number of aromatic nitrogens is 3. The Labute approximate surface area is 198 Å². The van der Waals surface area contributed by atoms with E-state index in [4.69, 9.17) is 9.15 Å². The van der Waals surface area contributed by atoms with Crippen molar-refractivity contribution in [3.8, 4) is 23.0 Å². The van der Waals surface area contributed by atoms with E-state index in [1.54, 1.807) is 12.3 Å². The minimum absolute atomic E-state index is 0.139. The fraction of sp³-hybridized carbons (Fsp3) is 0.174. The summed E-state index contributed by atoms with van der Waals surface area (Å²) in [5.74, 6) is 1.96. The van der Waals surface area contributed by atoms with Crippen LogP contribution in [0.1, 0.15) is 12.5 Å². The predicted molar refractivity (Wildman–Crippen MR) is 128 cm³/mol. The summed E-state index contributed by atoms with van der Waals surface area (Å²) < 4.78 is 13.8. The SMILES string of the molecule is CCOc1ccc(-n2c(SCC(=O)Nc3ccc(C)cc3Br)nnc2-c2ccco2)cc1. The molecule has 1 amide bonds. The molecule has 2 aromatic heterocycles. The van der Waals surface area contributed by atoms with Crippen LogP contribution in [0.5, 0.6) is 5.75 Å². The first-order chi connectivity index (χ1) is 15.5. The van der Waals surface area contributed by atoms with Gasteiger partial charge >= 0.3 is 0 Å². The molecule has 1 N–H and O–H groups in total. The Balaban J connectivity index is 1.56. The van der Waals surface area contributed by atoms with E-state index >= 15 is 0 Å². The van der Waals surface area contributed by atoms with E-state index in [2.05, 4.69) is 31.4 Å². The number of carbonyl (C=O) groups excluding carboxylic acids is 1. The monoisotopic (exact) mass is 512 g/mol. The normalized spacial score (nSPS) is 10.8. The molecule has 4 rings (SSSR count). The first-order valence-corrected chi connectivity index (χ1v) is 11.7. The van der Waals surface area contributed by atoms with E-state index in [1.165, 1.54) is 11.8 Å². The number of amides is 1. The number of furan rings is 1. The molecule has 0 fully saturated rings. The average molecular weight is 513 g/mol. The molecule has 2 heterocycles. The molecule has 0 aliphatic heterocycles. The van der Waals surface area contributed by atoms with Crippen molar-refractivity contribution < 1.29 is 13.9 Å². The predicted octanol–water partition coefficient (Wildman–Crippen LogP) is 5.73. The van der Waals surface area contributed by atoms with E-state index in [0.29, 0.717) is 23.3 Å². The Morgan fingerprint density at radius 2 is 2.00 bits per heavy atom. The highest BCUT2D eigenvalue weighted by Gasteiger charge is 2.19. The molecule has 32 heavy (non-hydrogen) atoms. The number of carbonyl (C=O) groups is 1. The molecule has 2 aromatic carbocycles. The number of nitrogens with one attached hydrogen (secondary N) is 1. The van der Waals surface area contributed by atoms with Crippen molar-refractivity contribution in [3.05, 3.63) is 70.9 Å². The number of hydrogen-bond acceptors (Lipinski definition) is 6. The summed E-state index contributed by atoms with van der Waals surface area (Å²) in [5.41, 5.74) is 2.68. The van der Waals surface area contributed by atoms with E-state index in [1.807, 2.05) is 66.9 Å². The molecule has 0 bridgehead atoms. The van der Waals surface area contributed by atoms with Gasteiger partial charge in [0.2, 0.25) is 11.7 Å². The van der Waals surface area contributed by atoms with Gasteiger partial charge in [-0.1, -0.05) is 17.8 Å². The van der Waals surface area contributed by atoms with Gasteiger partial charge in [0.15, 0.2) is 10.9 Å².